The molecule has 1 heterocycles. The molecule has 1 aliphatic rings. The zero-order valence-corrected chi connectivity index (χ0v) is 11.3. The van der Waals surface area contributed by atoms with Crippen LogP contribution in [-0.4, -0.2) is 43.7 Å². The summed E-state index contributed by atoms with van der Waals surface area (Å²) in [7, 11) is 0. The first-order valence-corrected chi connectivity index (χ1v) is 6.83. The van der Waals surface area contributed by atoms with E-state index in [9.17, 15) is 14.7 Å². The third kappa shape index (κ3) is 3.52. The number of amides is 1. The molecular weight excluding hydrogens is 262 g/mol. The molecule has 2 rings (SSSR count). The number of carbonyl (C=O) groups excluding carboxylic acids is 1. The molecule has 2 N–H and O–H groups in total. The van der Waals surface area contributed by atoms with Crippen molar-refractivity contribution in [1.82, 2.24) is 25.5 Å². The molecule has 0 unspecified atom stereocenters. The second-order valence-electron chi connectivity index (χ2n) is 5.28. The minimum atomic E-state index is -0.827. The smallest absolute Gasteiger partial charge is 0.311 e. The molecule has 20 heavy (non-hydrogen) atoms. The van der Waals surface area contributed by atoms with Crippen molar-refractivity contribution in [3.8, 4) is 0 Å². The largest absolute Gasteiger partial charge is 0.481 e. The van der Waals surface area contributed by atoms with Gasteiger partial charge in [-0.3, -0.25) is 9.59 Å². The summed E-state index contributed by atoms with van der Waals surface area (Å²) >= 11 is 0. The predicted molar refractivity (Wildman–Crippen MR) is 68.6 cm³/mol. The van der Waals surface area contributed by atoms with Gasteiger partial charge in [0.2, 0.25) is 5.91 Å². The second kappa shape index (κ2) is 6.44. The Morgan fingerprint density at radius 2 is 1.95 bits per heavy atom. The van der Waals surface area contributed by atoms with Gasteiger partial charge < -0.3 is 10.4 Å². The summed E-state index contributed by atoms with van der Waals surface area (Å²) in [6.45, 7) is 0.173. The Hall–Kier alpha value is -1.99. The van der Waals surface area contributed by atoms with Crippen LogP contribution in [-0.2, 0) is 16.1 Å². The zero-order chi connectivity index (χ0) is 14.4. The fraction of sp³-hybridized carbons (Fsp3) is 0.750. The molecule has 0 aromatic carbocycles. The Morgan fingerprint density at radius 3 is 2.50 bits per heavy atom. The van der Waals surface area contributed by atoms with Crippen LogP contribution >= 0.6 is 0 Å². The van der Waals surface area contributed by atoms with E-state index in [1.54, 1.807) is 0 Å². The highest BCUT2D eigenvalue weighted by molar-refractivity contribution is 5.78. The summed E-state index contributed by atoms with van der Waals surface area (Å²) in [6, 6.07) is 0. The van der Waals surface area contributed by atoms with E-state index in [1.165, 1.54) is 11.0 Å². The van der Waals surface area contributed by atoms with Gasteiger partial charge in [0.25, 0.3) is 0 Å². The number of nitrogens with zero attached hydrogens (tertiary/aromatic N) is 4. The third-order valence-electron chi connectivity index (χ3n) is 3.84. The Labute approximate surface area is 116 Å². The Kier molecular flexibility index (Phi) is 4.65. The normalized spacial score (nSPS) is 18.2. The van der Waals surface area contributed by atoms with Crippen LogP contribution in [0.25, 0.3) is 0 Å². The number of hydrogen-bond donors (Lipinski definition) is 2. The van der Waals surface area contributed by atoms with Crippen molar-refractivity contribution in [3.63, 3.8) is 0 Å². The summed E-state index contributed by atoms with van der Waals surface area (Å²) in [5, 5.41) is 22.7. The molecule has 0 spiro atoms. The van der Waals surface area contributed by atoms with Crippen LogP contribution < -0.4 is 5.32 Å². The lowest BCUT2D eigenvalue weighted by atomic mass is 9.80. The zero-order valence-electron chi connectivity index (χ0n) is 11.3. The predicted octanol–water partition coefficient (Wildman–Crippen LogP) is 0.214. The lowest BCUT2D eigenvalue weighted by Gasteiger charge is -2.28. The molecule has 0 bridgehead atoms. The summed E-state index contributed by atoms with van der Waals surface area (Å²) in [5.74, 6) is -1.09. The highest BCUT2D eigenvalue weighted by atomic mass is 16.4. The summed E-state index contributed by atoms with van der Waals surface area (Å²) in [5.41, 5.74) is -0.827. The molecule has 0 radical (unpaired) electrons. The fourth-order valence-electron chi connectivity index (χ4n) is 2.60. The molecular formula is C12H19N5O3. The van der Waals surface area contributed by atoms with E-state index >= 15 is 0 Å². The lowest BCUT2D eigenvalue weighted by molar-refractivity contribution is -0.149. The van der Waals surface area contributed by atoms with E-state index < -0.39 is 11.4 Å². The molecule has 1 fully saturated rings. The van der Waals surface area contributed by atoms with Crippen LogP contribution in [0.2, 0.25) is 0 Å². The van der Waals surface area contributed by atoms with E-state index in [4.69, 9.17) is 0 Å². The third-order valence-corrected chi connectivity index (χ3v) is 3.84. The minimum Gasteiger partial charge on any atom is -0.481 e. The van der Waals surface area contributed by atoms with Crippen LogP contribution in [0.4, 0.5) is 0 Å². The number of tetrazole rings is 1. The maximum atomic E-state index is 11.8. The molecule has 0 aliphatic heterocycles. The molecule has 8 nitrogen and oxygen atoms in total. The summed E-state index contributed by atoms with van der Waals surface area (Å²) < 4.78 is 1.30. The van der Waals surface area contributed by atoms with Crippen LogP contribution in [0.5, 0.6) is 0 Å². The number of aromatic nitrogens is 4. The highest BCUT2D eigenvalue weighted by Crippen LogP contribution is 2.34. The lowest BCUT2D eigenvalue weighted by Crippen LogP contribution is -2.43. The monoisotopic (exact) mass is 281 g/mol. The van der Waals surface area contributed by atoms with E-state index in [0.717, 1.165) is 25.7 Å². The van der Waals surface area contributed by atoms with Gasteiger partial charge in [0.05, 0.1) is 5.41 Å². The maximum absolute atomic E-state index is 11.8. The van der Waals surface area contributed by atoms with Crippen molar-refractivity contribution in [2.45, 2.75) is 45.1 Å². The first-order chi connectivity index (χ1) is 9.62. The molecule has 0 atom stereocenters. The first-order valence-electron chi connectivity index (χ1n) is 6.83. The van der Waals surface area contributed by atoms with Gasteiger partial charge in [0, 0.05) is 6.54 Å². The van der Waals surface area contributed by atoms with E-state index in [2.05, 4.69) is 20.8 Å². The molecule has 1 aromatic heterocycles. The number of hydrogen-bond acceptors (Lipinski definition) is 5. The van der Waals surface area contributed by atoms with Crippen LogP contribution in [0.3, 0.4) is 0 Å². The van der Waals surface area contributed by atoms with Crippen molar-refractivity contribution in [3.05, 3.63) is 6.33 Å². The number of carboxylic acids is 1. The standard InChI is InChI=1S/C12H19N5O3/c18-10(7-17-9-14-15-16-17)13-8-12(11(19)20)5-3-1-2-4-6-12/h9H,1-8H2,(H,13,18)(H,19,20). The molecule has 0 saturated heterocycles. The topological polar surface area (TPSA) is 110 Å². The summed E-state index contributed by atoms with van der Waals surface area (Å²) in [4.78, 5) is 23.4. The molecule has 1 aliphatic carbocycles. The molecule has 8 heteroatoms. The van der Waals surface area contributed by atoms with E-state index in [-0.39, 0.29) is 19.0 Å². The molecule has 110 valence electrons. The molecule has 1 amide bonds. The summed E-state index contributed by atoms with van der Waals surface area (Å²) in [6.07, 6.45) is 6.50. The van der Waals surface area contributed by atoms with Crippen molar-refractivity contribution in [2.24, 2.45) is 5.41 Å². The minimum absolute atomic E-state index is 0.00268. The molecule has 1 aromatic rings. The van der Waals surface area contributed by atoms with E-state index in [0.29, 0.717) is 12.8 Å². The van der Waals surface area contributed by atoms with Gasteiger partial charge in [-0.05, 0) is 23.3 Å². The second-order valence-corrected chi connectivity index (χ2v) is 5.28. The number of carboxylic acid groups (broad SMARTS) is 1. The Balaban J connectivity index is 1.91. The average molecular weight is 281 g/mol. The van der Waals surface area contributed by atoms with E-state index in [1.807, 2.05) is 0 Å². The van der Waals surface area contributed by atoms with Gasteiger partial charge in [0.1, 0.15) is 12.9 Å². The number of aliphatic carboxylic acids is 1. The first kappa shape index (κ1) is 14.4. The van der Waals surface area contributed by atoms with Crippen LogP contribution in [0.1, 0.15) is 38.5 Å². The maximum Gasteiger partial charge on any atom is 0.311 e. The van der Waals surface area contributed by atoms with Crippen molar-refractivity contribution < 1.29 is 14.7 Å². The van der Waals surface area contributed by atoms with Gasteiger partial charge >= 0.3 is 5.97 Å². The molecule has 1 saturated carbocycles. The fourth-order valence-corrected chi connectivity index (χ4v) is 2.60. The van der Waals surface area contributed by atoms with Crippen molar-refractivity contribution >= 4 is 11.9 Å². The highest BCUT2D eigenvalue weighted by Gasteiger charge is 2.38. The Bertz CT molecular complexity index is 452. The number of carbonyl (C=O) groups is 2. The van der Waals surface area contributed by atoms with Gasteiger partial charge in [0.15, 0.2) is 0 Å². The SMILES string of the molecule is O=C(Cn1cnnn1)NCC1(C(=O)O)CCCCCC1. The van der Waals surface area contributed by atoms with Gasteiger partial charge in [-0.2, -0.15) is 0 Å². The quantitative estimate of drug-likeness (QED) is 0.747. The number of nitrogens with one attached hydrogen (secondary N) is 1. The van der Waals surface area contributed by atoms with Crippen LogP contribution in [0, 0.1) is 5.41 Å². The van der Waals surface area contributed by atoms with Gasteiger partial charge in [-0.15, -0.1) is 5.10 Å². The Morgan fingerprint density at radius 1 is 1.25 bits per heavy atom. The number of rotatable bonds is 5. The van der Waals surface area contributed by atoms with Gasteiger partial charge in [-0.1, -0.05) is 25.7 Å². The van der Waals surface area contributed by atoms with Crippen molar-refractivity contribution in [2.75, 3.05) is 6.54 Å². The van der Waals surface area contributed by atoms with Crippen LogP contribution in [0.15, 0.2) is 6.33 Å². The van der Waals surface area contributed by atoms with Gasteiger partial charge in [-0.25, -0.2) is 4.68 Å². The van der Waals surface area contributed by atoms with Crippen molar-refractivity contribution in [1.29, 1.82) is 0 Å². The average Bonchev–Trinajstić information content (AvgIpc) is 2.79.